The number of rotatable bonds is 6. The molecule has 1 fully saturated rings. The molecule has 0 aromatic heterocycles. The van der Waals surface area contributed by atoms with Gasteiger partial charge in [0.15, 0.2) is 6.23 Å². The first-order valence-electron chi connectivity index (χ1n) is 8.34. The van der Waals surface area contributed by atoms with Crippen LogP contribution in [0, 0.1) is 0 Å². The van der Waals surface area contributed by atoms with Crippen LogP contribution in [0.2, 0.25) is 0 Å². The Morgan fingerprint density at radius 2 is 1.68 bits per heavy atom. The molecular formula is C16H23N3O8S. The molecule has 0 saturated carbocycles. The van der Waals surface area contributed by atoms with E-state index in [1.165, 1.54) is 31.2 Å². The molecule has 0 unspecified atom stereocenters. The summed E-state index contributed by atoms with van der Waals surface area (Å²) in [5.41, 5.74) is 0.377. The van der Waals surface area contributed by atoms with E-state index < -0.39 is 59.0 Å². The van der Waals surface area contributed by atoms with Gasteiger partial charge >= 0.3 is 0 Å². The standard InChI is InChI=1S/C16H23N3O8S/c1-8(21)17-13-15(24)14(23)12(7-20)27-16(13)18-10-3-5-11(6-4-10)28(25,26)19-9(2)22/h3-6,12-16,18,20,23-24H,7H2,1-2H3,(H,17,21)(H,19,22)/t12-,13-,14+,15-,16-/m0/s1. The maximum Gasteiger partial charge on any atom is 0.264 e. The highest BCUT2D eigenvalue weighted by molar-refractivity contribution is 7.90. The molecule has 1 aliphatic rings. The third kappa shape index (κ3) is 5.17. The predicted molar refractivity (Wildman–Crippen MR) is 96.4 cm³/mol. The molecule has 1 heterocycles. The molecule has 5 atom stereocenters. The Morgan fingerprint density at radius 3 is 2.18 bits per heavy atom. The van der Waals surface area contributed by atoms with Crippen molar-refractivity contribution in [3.63, 3.8) is 0 Å². The summed E-state index contributed by atoms with van der Waals surface area (Å²) in [7, 11) is -3.99. The van der Waals surface area contributed by atoms with Gasteiger partial charge in [0.25, 0.3) is 10.0 Å². The number of ether oxygens (including phenoxy) is 1. The lowest BCUT2D eigenvalue weighted by Crippen LogP contribution is -2.65. The summed E-state index contributed by atoms with van der Waals surface area (Å²) in [5.74, 6) is -1.19. The number of carbonyl (C=O) groups excluding carboxylic acids is 2. The molecule has 12 heteroatoms. The van der Waals surface area contributed by atoms with Gasteiger partial charge in [-0.05, 0) is 24.3 Å². The molecule has 1 aromatic rings. The molecule has 6 N–H and O–H groups in total. The minimum atomic E-state index is -3.99. The molecule has 1 aliphatic heterocycles. The number of aliphatic hydroxyl groups is 3. The third-order valence-electron chi connectivity index (χ3n) is 4.05. The Morgan fingerprint density at radius 1 is 1.07 bits per heavy atom. The van der Waals surface area contributed by atoms with E-state index in [0.717, 1.165) is 6.92 Å². The van der Waals surface area contributed by atoms with Crippen LogP contribution in [0.3, 0.4) is 0 Å². The molecule has 1 saturated heterocycles. The average Bonchev–Trinajstić information content (AvgIpc) is 2.60. The van der Waals surface area contributed by atoms with Gasteiger partial charge in [0.2, 0.25) is 11.8 Å². The Hall–Kier alpha value is -2.25. The molecule has 0 radical (unpaired) electrons. The monoisotopic (exact) mass is 417 g/mol. The first kappa shape index (κ1) is 22.0. The maximum absolute atomic E-state index is 12.0. The fourth-order valence-electron chi connectivity index (χ4n) is 2.78. The van der Waals surface area contributed by atoms with Gasteiger partial charge in [-0.3, -0.25) is 9.59 Å². The van der Waals surface area contributed by atoms with Gasteiger partial charge in [0, 0.05) is 19.5 Å². The lowest BCUT2D eigenvalue weighted by Gasteiger charge is -2.43. The third-order valence-corrected chi connectivity index (χ3v) is 5.50. The van der Waals surface area contributed by atoms with Gasteiger partial charge in [-0.1, -0.05) is 0 Å². The molecular weight excluding hydrogens is 394 g/mol. The van der Waals surface area contributed by atoms with Crippen molar-refractivity contribution < 1.29 is 38.1 Å². The van der Waals surface area contributed by atoms with Crippen molar-refractivity contribution in [2.45, 2.75) is 49.3 Å². The first-order chi connectivity index (χ1) is 13.0. The molecule has 2 rings (SSSR count). The zero-order valence-electron chi connectivity index (χ0n) is 15.2. The van der Waals surface area contributed by atoms with Crippen molar-refractivity contribution in [2.75, 3.05) is 11.9 Å². The molecule has 28 heavy (non-hydrogen) atoms. The first-order valence-corrected chi connectivity index (χ1v) is 9.83. The van der Waals surface area contributed by atoms with Crippen LogP contribution < -0.4 is 15.4 Å². The summed E-state index contributed by atoms with van der Waals surface area (Å²) in [5, 5.41) is 34.9. The SMILES string of the molecule is CC(=O)N[C@H]1[C@H](O)[C@H](O)[C@H](CO)O[C@@H]1Nc1ccc(S(=O)(=O)NC(C)=O)cc1. The van der Waals surface area contributed by atoms with E-state index in [1.54, 1.807) is 0 Å². The second-order valence-corrected chi connectivity index (χ2v) is 8.00. The summed E-state index contributed by atoms with van der Waals surface area (Å²) < 4.78 is 31.3. The second-order valence-electron chi connectivity index (χ2n) is 6.32. The predicted octanol–water partition coefficient (Wildman–Crippen LogP) is -2.13. The highest BCUT2D eigenvalue weighted by Crippen LogP contribution is 2.24. The average molecular weight is 417 g/mol. The highest BCUT2D eigenvalue weighted by Gasteiger charge is 2.44. The van der Waals surface area contributed by atoms with Crippen LogP contribution in [0.15, 0.2) is 29.2 Å². The lowest BCUT2D eigenvalue weighted by molar-refractivity contribution is -0.188. The summed E-state index contributed by atoms with van der Waals surface area (Å²) in [6.07, 6.45) is -4.93. The van der Waals surface area contributed by atoms with E-state index in [2.05, 4.69) is 10.6 Å². The van der Waals surface area contributed by atoms with Crippen LogP contribution in [0.4, 0.5) is 5.69 Å². The van der Waals surface area contributed by atoms with E-state index in [0.29, 0.717) is 5.69 Å². The quantitative estimate of drug-likeness (QED) is 0.302. The number of nitrogens with one attached hydrogen (secondary N) is 3. The highest BCUT2D eigenvalue weighted by atomic mass is 32.2. The summed E-state index contributed by atoms with van der Waals surface area (Å²) in [6, 6.07) is 4.26. The Bertz CT molecular complexity index is 814. The number of aliphatic hydroxyl groups excluding tert-OH is 3. The van der Waals surface area contributed by atoms with Gasteiger partial charge in [-0.15, -0.1) is 0 Å². The fraction of sp³-hybridized carbons (Fsp3) is 0.500. The molecule has 0 aliphatic carbocycles. The molecule has 0 spiro atoms. The van der Waals surface area contributed by atoms with Crippen molar-refractivity contribution in [2.24, 2.45) is 0 Å². The van der Waals surface area contributed by atoms with Gasteiger partial charge in [-0.2, -0.15) is 0 Å². The maximum atomic E-state index is 12.0. The second kappa shape index (κ2) is 8.84. The van der Waals surface area contributed by atoms with Crippen molar-refractivity contribution >= 4 is 27.5 Å². The van der Waals surface area contributed by atoms with Gasteiger partial charge in [0.1, 0.15) is 24.4 Å². The summed E-state index contributed by atoms with van der Waals surface area (Å²) in [6.45, 7) is 1.75. The topological polar surface area (TPSA) is 174 Å². The summed E-state index contributed by atoms with van der Waals surface area (Å²) >= 11 is 0. The normalized spacial score (nSPS) is 27.7. The molecule has 1 aromatic carbocycles. The van der Waals surface area contributed by atoms with Crippen molar-refractivity contribution in [1.82, 2.24) is 10.0 Å². The van der Waals surface area contributed by atoms with Gasteiger partial charge < -0.3 is 30.7 Å². The Balaban J connectivity index is 2.21. The number of anilines is 1. The largest absolute Gasteiger partial charge is 0.394 e. The molecule has 156 valence electrons. The van der Waals surface area contributed by atoms with Crippen molar-refractivity contribution in [3.8, 4) is 0 Å². The van der Waals surface area contributed by atoms with Crippen LogP contribution >= 0.6 is 0 Å². The molecule has 11 nitrogen and oxygen atoms in total. The fourth-order valence-corrected chi connectivity index (χ4v) is 3.77. The van der Waals surface area contributed by atoms with Crippen molar-refractivity contribution in [3.05, 3.63) is 24.3 Å². The van der Waals surface area contributed by atoms with Crippen LogP contribution in [0.1, 0.15) is 13.8 Å². The smallest absolute Gasteiger partial charge is 0.264 e. The number of hydrogen-bond donors (Lipinski definition) is 6. The zero-order valence-corrected chi connectivity index (χ0v) is 16.0. The van der Waals surface area contributed by atoms with E-state index in [-0.39, 0.29) is 4.90 Å². The van der Waals surface area contributed by atoms with Crippen LogP contribution in [0.5, 0.6) is 0 Å². The molecule has 0 bridgehead atoms. The van der Waals surface area contributed by atoms with Crippen LogP contribution in [0.25, 0.3) is 0 Å². The van der Waals surface area contributed by atoms with Crippen molar-refractivity contribution in [1.29, 1.82) is 0 Å². The Labute approximate surface area is 161 Å². The molecule has 2 amide bonds. The van der Waals surface area contributed by atoms with Gasteiger partial charge in [0.05, 0.1) is 11.5 Å². The lowest BCUT2D eigenvalue weighted by atomic mass is 9.96. The number of hydrogen-bond acceptors (Lipinski definition) is 9. The number of amides is 2. The number of carbonyl (C=O) groups is 2. The number of sulfonamides is 1. The van der Waals surface area contributed by atoms with E-state index >= 15 is 0 Å². The van der Waals surface area contributed by atoms with Crippen LogP contribution in [-0.2, 0) is 24.3 Å². The zero-order chi connectivity index (χ0) is 21.1. The minimum Gasteiger partial charge on any atom is -0.394 e. The summed E-state index contributed by atoms with van der Waals surface area (Å²) in [4.78, 5) is 22.3. The van der Waals surface area contributed by atoms with Gasteiger partial charge in [-0.25, -0.2) is 13.1 Å². The minimum absolute atomic E-state index is 0.139. The Kier molecular flexibility index (Phi) is 6.96. The number of benzene rings is 1. The van der Waals surface area contributed by atoms with Crippen LogP contribution in [-0.4, -0.2) is 72.7 Å². The van der Waals surface area contributed by atoms with E-state index in [1.807, 2.05) is 4.72 Å². The van der Waals surface area contributed by atoms with E-state index in [9.17, 15) is 33.3 Å². The van der Waals surface area contributed by atoms with E-state index in [4.69, 9.17) is 4.74 Å².